The molecule has 2 heterocycles. The lowest BCUT2D eigenvalue weighted by atomic mass is 10.1. The van der Waals surface area contributed by atoms with Crippen LogP contribution in [0.5, 0.6) is 0 Å². The lowest BCUT2D eigenvalue weighted by molar-refractivity contribution is -0.384. The lowest BCUT2D eigenvalue weighted by Gasteiger charge is -2.35. The second-order valence-corrected chi connectivity index (χ2v) is 6.97. The molecule has 7 nitrogen and oxygen atoms in total. The van der Waals surface area contributed by atoms with Gasteiger partial charge in [0.05, 0.1) is 10.4 Å². The van der Waals surface area contributed by atoms with Gasteiger partial charge in [-0.1, -0.05) is 29.8 Å². The molecular formula is C20H17ClN4O3. The number of fused-ring (bicyclic) bond motifs is 1. The number of rotatable bonds is 3. The summed E-state index contributed by atoms with van der Waals surface area (Å²) in [5.41, 5.74) is 0.951. The number of anilines is 1. The molecule has 1 aromatic heterocycles. The number of carbonyl (C=O) groups excluding carboxylic acids is 1. The Bertz CT molecular complexity index is 1060. The minimum absolute atomic E-state index is 0.0220. The van der Waals surface area contributed by atoms with Crippen molar-refractivity contribution < 1.29 is 9.72 Å². The van der Waals surface area contributed by atoms with Crippen LogP contribution in [0.25, 0.3) is 10.9 Å². The van der Waals surface area contributed by atoms with Crippen LogP contribution in [0.1, 0.15) is 10.4 Å². The molecule has 1 aliphatic rings. The Labute approximate surface area is 166 Å². The van der Waals surface area contributed by atoms with Crippen LogP contribution in [0, 0.1) is 10.1 Å². The van der Waals surface area contributed by atoms with Gasteiger partial charge in [-0.3, -0.25) is 14.9 Å². The highest BCUT2D eigenvalue weighted by Crippen LogP contribution is 2.26. The SMILES string of the molecule is O=C(c1ccc(Cl)c([N+](=O)[O-])c1)N1CCN(c2ccc3ccccc3n2)CC1. The van der Waals surface area contributed by atoms with Gasteiger partial charge in [-0.15, -0.1) is 0 Å². The van der Waals surface area contributed by atoms with Crippen molar-refractivity contribution in [2.24, 2.45) is 0 Å². The van der Waals surface area contributed by atoms with E-state index in [0.29, 0.717) is 26.2 Å². The zero-order chi connectivity index (χ0) is 19.7. The number of nitro groups is 1. The standard InChI is InChI=1S/C20H17ClN4O3/c21-16-7-5-15(13-18(16)25(27)28)20(26)24-11-9-23(10-12-24)19-8-6-14-3-1-2-4-17(14)22-19/h1-8,13H,9-12H2. The van der Waals surface area contributed by atoms with Crippen LogP contribution in [-0.2, 0) is 0 Å². The third-order valence-electron chi connectivity index (χ3n) is 4.86. The second kappa shape index (κ2) is 7.44. The van der Waals surface area contributed by atoms with E-state index >= 15 is 0 Å². The summed E-state index contributed by atoms with van der Waals surface area (Å²) in [4.78, 5) is 31.7. The van der Waals surface area contributed by atoms with Gasteiger partial charge in [-0.2, -0.15) is 0 Å². The minimum Gasteiger partial charge on any atom is -0.353 e. The molecule has 0 saturated carbocycles. The van der Waals surface area contributed by atoms with Crippen molar-refractivity contribution in [1.29, 1.82) is 0 Å². The van der Waals surface area contributed by atoms with Crippen LogP contribution >= 0.6 is 11.6 Å². The number of amides is 1. The average molecular weight is 397 g/mol. The first kappa shape index (κ1) is 18.2. The fourth-order valence-electron chi connectivity index (χ4n) is 3.34. The Morgan fingerprint density at radius 2 is 1.79 bits per heavy atom. The minimum atomic E-state index is -0.581. The Kier molecular flexibility index (Phi) is 4.83. The maximum absolute atomic E-state index is 12.7. The molecule has 3 aromatic rings. The van der Waals surface area contributed by atoms with E-state index in [2.05, 4.69) is 4.90 Å². The average Bonchev–Trinajstić information content (AvgIpc) is 2.73. The Morgan fingerprint density at radius 1 is 1.04 bits per heavy atom. The predicted octanol–water partition coefficient (Wildman–Crippen LogP) is 3.76. The molecule has 0 aliphatic carbocycles. The number of nitrogens with zero attached hydrogens (tertiary/aromatic N) is 4. The molecule has 1 amide bonds. The number of hydrogen-bond donors (Lipinski definition) is 0. The van der Waals surface area contributed by atoms with Gasteiger partial charge in [-0.25, -0.2) is 4.98 Å². The van der Waals surface area contributed by atoms with E-state index in [1.165, 1.54) is 18.2 Å². The van der Waals surface area contributed by atoms with Gasteiger partial charge >= 0.3 is 0 Å². The molecule has 1 aliphatic heterocycles. The summed E-state index contributed by atoms with van der Waals surface area (Å²) >= 11 is 5.83. The van der Waals surface area contributed by atoms with E-state index in [4.69, 9.17) is 16.6 Å². The summed E-state index contributed by atoms with van der Waals surface area (Å²) < 4.78 is 0. The quantitative estimate of drug-likeness (QED) is 0.497. The maximum Gasteiger partial charge on any atom is 0.288 e. The molecule has 8 heteroatoms. The first-order chi connectivity index (χ1) is 13.5. The highest BCUT2D eigenvalue weighted by Gasteiger charge is 2.25. The van der Waals surface area contributed by atoms with Crippen molar-refractivity contribution in [2.45, 2.75) is 0 Å². The zero-order valence-corrected chi connectivity index (χ0v) is 15.7. The Morgan fingerprint density at radius 3 is 2.54 bits per heavy atom. The molecule has 1 saturated heterocycles. The van der Waals surface area contributed by atoms with Crippen LogP contribution in [0.15, 0.2) is 54.6 Å². The number of para-hydroxylation sites is 1. The summed E-state index contributed by atoms with van der Waals surface area (Å²) in [5.74, 6) is 0.652. The molecule has 0 bridgehead atoms. The van der Waals surface area contributed by atoms with Crippen LogP contribution in [0.2, 0.25) is 5.02 Å². The number of carbonyl (C=O) groups is 1. The highest BCUT2D eigenvalue weighted by molar-refractivity contribution is 6.32. The van der Waals surface area contributed by atoms with Crippen LogP contribution in [0.3, 0.4) is 0 Å². The molecule has 0 spiro atoms. The highest BCUT2D eigenvalue weighted by atomic mass is 35.5. The first-order valence-corrected chi connectivity index (χ1v) is 9.25. The number of hydrogen-bond acceptors (Lipinski definition) is 5. The molecule has 4 rings (SSSR count). The van der Waals surface area contributed by atoms with Crippen molar-refractivity contribution in [1.82, 2.24) is 9.88 Å². The van der Waals surface area contributed by atoms with E-state index in [0.717, 1.165) is 16.7 Å². The number of benzene rings is 2. The fourth-order valence-corrected chi connectivity index (χ4v) is 3.52. The summed E-state index contributed by atoms with van der Waals surface area (Å²) in [6.07, 6.45) is 0. The zero-order valence-electron chi connectivity index (χ0n) is 14.9. The maximum atomic E-state index is 12.7. The largest absolute Gasteiger partial charge is 0.353 e. The number of aromatic nitrogens is 1. The third kappa shape index (κ3) is 3.48. The van der Waals surface area contributed by atoms with Gasteiger partial charge < -0.3 is 9.80 Å². The van der Waals surface area contributed by atoms with Gasteiger partial charge in [0.25, 0.3) is 11.6 Å². The molecule has 0 N–H and O–H groups in total. The van der Waals surface area contributed by atoms with E-state index in [-0.39, 0.29) is 22.2 Å². The fraction of sp³-hybridized carbons (Fsp3) is 0.200. The molecule has 0 unspecified atom stereocenters. The number of halogens is 1. The lowest BCUT2D eigenvalue weighted by Crippen LogP contribution is -2.49. The van der Waals surface area contributed by atoms with Gasteiger partial charge in [0.15, 0.2) is 0 Å². The number of pyridine rings is 1. The van der Waals surface area contributed by atoms with Gasteiger partial charge in [0, 0.05) is 43.2 Å². The summed E-state index contributed by atoms with van der Waals surface area (Å²) in [5, 5.41) is 12.2. The molecule has 28 heavy (non-hydrogen) atoms. The van der Waals surface area contributed by atoms with Crippen LogP contribution in [-0.4, -0.2) is 46.9 Å². The Hall–Kier alpha value is -3.19. The van der Waals surface area contributed by atoms with Crippen molar-refractivity contribution in [2.75, 3.05) is 31.1 Å². The molecule has 0 atom stereocenters. The molecular weight excluding hydrogens is 380 g/mol. The molecule has 0 radical (unpaired) electrons. The summed E-state index contributed by atoms with van der Waals surface area (Å²) in [6.45, 7) is 2.33. The second-order valence-electron chi connectivity index (χ2n) is 6.56. The normalized spacial score (nSPS) is 14.3. The van der Waals surface area contributed by atoms with E-state index in [1.807, 2.05) is 36.4 Å². The van der Waals surface area contributed by atoms with E-state index in [1.54, 1.807) is 4.90 Å². The monoisotopic (exact) mass is 396 g/mol. The topological polar surface area (TPSA) is 79.6 Å². The molecule has 1 fully saturated rings. The van der Waals surface area contributed by atoms with Crippen molar-refractivity contribution in [3.05, 3.63) is 75.3 Å². The molecule has 142 valence electrons. The third-order valence-corrected chi connectivity index (χ3v) is 5.18. The van der Waals surface area contributed by atoms with Crippen molar-refractivity contribution in [3.63, 3.8) is 0 Å². The van der Waals surface area contributed by atoms with Crippen molar-refractivity contribution >= 4 is 39.9 Å². The van der Waals surface area contributed by atoms with Gasteiger partial charge in [0.2, 0.25) is 0 Å². The van der Waals surface area contributed by atoms with Crippen molar-refractivity contribution in [3.8, 4) is 0 Å². The van der Waals surface area contributed by atoms with Crippen LogP contribution in [0.4, 0.5) is 11.5 Å². The first-order valence-electron chi connectivity index (χ1n) is 8.87. The Balaban J connectivity index is 1.46. The summed E-state index contributed by atoms with van der Waals surface area (Å²) in [6, 6.07) is 16.1. The van der Waals surface area contributed by atoms with E-state index < -0.39 is 4.92 Å². The predicted molar refractivity (Wildman–Crippen MR) is 108 cm³/mol. The van der Waals surface area contributed by atoms with Gasteiger partial charge in [-0.05, 0) is 30.3 Å². The number of nitro benzene ring substituents is 1. The van der Waals surface area contributed by atoms with Crippen LogP contribution < -0.4 is 4.90 Å². The molecule has 2 aromatic carbocycles. The van der Waals surface area contributed by atoms with Gasteiger partial charge in [0.1, 0.15) is 10.8 Å². The van der Waals surface area contributed by atoms with E-state index in [9.17, 15) is 14.9 Å². The number of piperazine rings is 1. The smallest absolute Gasteiger partial charge is 0.288 e. The summed E-state index contributed by atoms with van der Waals surface area (Å²) in [7, 11) is 0.